The quantitative estimate of drug-likeness (QED) is 0.347. The number of esters is 1. The Labute approximate surface area is 85.6 Å². The molecular weight excluding hydrogens is 188 g/mol. The van der Waals surface area contributed by atoms with Crippen LogP contribution in [0.5, 0.6) is 0 Å². The van der Waals surface area contributed by atoms with Crippen molar-refractivity contribution in [3.8, 4) is 0 Å². The van der Waals surface area contributed by atoms with Crippen molar-refractivity contribution in [3.05, 3.63) is 0 Å². The summed E-state index contributed by atoms with van der Waals surface area (Å²) in [5.41, 5.74) is 0. The van der Waals surface area contributed by atoms with Gasteiger partial charge in [-0.1, -0.05) is 32.6 Å². The number of carbonyl (C=O) groups is 1. The summed E-state index contributed by atoms with van der Waals surface area (Å²) in [6, 6.07) is 0. The number of hydrogen-bond donors (Lipinski definition) is 0. The van der Waals surface area contributed by atoms with Crippen LogP contribution in [0.2, 0.25) is 0 Å². The summed E-state index contributed by atoms with van der Waals surface area (Å²) in [6.07, 6.45) is 6.33. The van der Waals surface area contributed by atoms with Crippen LogP contribution in [0.3, 0.4) is 0 Å². The number of ether oxygens (including phenoxy) is 1. The van der Waals surface area contributed by atoms with E-state index in [1.54, 1.807) is 0 Å². The summed E-state index contributed by atoms with van der Waals surface area (Å²) in [5, 5.41) is 0. The molecule has 0 aromatic carbocycles. The van der Waals surface area contributed by atoms with Crippen LogP contribution in [0.25, 0.3) is 0 Å². The number of hydrogen-bond acceptors (Lipinski definition) is 2. The number of carbonyl (C=O) groups excluding carboxylic acids is 1. The van der Waals surface area contributed by atoms with Gasteiger partial charge in [0.1, 0.15) is 6.61 Å². The maximum Gasteiger partial charge on any atom is 0.305 e. The molecule has 0 rings (SSSR count). The molecule has 0 fully saturated rings. The van der Waals surface area contributed by atoms with E-state index in [0.29, 0.717) is 18.9 Å². The van der Waals surface area contributed by atoms with Crippen LogP contribution in [0, 0.1) is 0 Å². The van der Waals surface area contributed by atoms with Crippen LogP contribution in [0.4, 0.5) is 0 Å². The molecule has 0 aromatic heterocycles. The van der Waals surface area contributed by atoms with E-state index in [1.807, 2.05) is 0 Å². The van der Waals surface area contributed by atoms with Crippen molar-refractivity contribution >= 4 is 17.6 Å². The topological polar surface area (TPSA) is 26.3 Å². The van der Waals surface area contributed by atoms with Gasteiger partial charge in [0.05, 0.1) is 5.88 Å². The third-order valence-corrected chi connectivity index (χ3v) is 1.98. The van der Waals surface area contributed by atoms with Crippen molar-refractivity contribution in [2.75, 3.05) is 12.5 Å². The second-order valence-corrected chi connectivity index (χ2v) is 3.45. The highest BCUT2D eigenvalue weighted by atomic mass is 35.5. The van der Waals surface area contributed by atoms with Crippen molar-refractivity contribution in [2.45, 2.75) is 45.4 Å². The van der Waals surface area contributed by atoms with Gasteiger partial charge < -0.3 is 4.74 Å². The van der Waals surface area contributed by atoms with E-state index in [1.165, 1.54) is 19.3 Å². The average molecular weight is 207 g/mol. The van der Waals surface area contributed by atoms with Gasteiger partial charge >= 0.3 is 5.97 Å². The van der Waals surface area contributed by atoms with Gasteiger partial charge in [-0.25, -0.2) is 0 Å². The molecule has 2 nitrogen and oxygen atoms in total. The van der Waals surface area contributed by atoms with Crippen molar-refractivity contribution < 1.29 is 9.53 Å². The second-order valence-electron chi connectivity index (χ2n) is 3.07. The maximum absolute atomic E-state index is 11.0. The van der Waals surface area contributed by atoms with E-state index in [-0.39, 0.29) is 5.97 Å². The Balaban J connectivity index is 3.08. The summed E-state index contributed by atoms with van der Waals surface area (Å²) in [4.78, 5) is 11.0. The Morgan fingerprint density at radius 2 is 1.92 bits per heavy atom. The van der Waals surface area contributed by atoms with Gasteiger partial charge in [-0.3, -0.25) is 4.79 Å². The summed E-state index contributed by atoms with van der Waals surface area (Å²) in [5.74, 6) is 0.277. The Hall–Kier alpha value is -0.240. The number of unbranched alkanes of at least 4 members (excludes halogenated alkanes) is 4. The van der Waals surface area contributed by atoms with Crippen LogP contribution in [0.1, 0.15) is 45.4 Å². The second kappa shape index (κ2) is 9.85. The highest BCUT2D eigenvalue weighted by molar-refractivity contribution is 6.18. The molecule has 0 saturated heterocycles. The Kier molecular flexibility index (Phi) is 9.66. The molecule has 0 amide bonds. The van der Waals surface area contributed by atoms with E-state index < -0.39 is 0 Å². The lowest BCUT2D eigenvalue weighted by atomic mass is 10.1. The Morgan fingerprint density at radius 1 is 1.23 bits per heavy atom. The zero-order valence-electron chi connectivity index (χ0n) is 8.35. The summed E-state index contributed by atoms with van der Waals surface area (Å²) < 4.78 is 4.83. The fourth-order valence-electron chi connectivity index (χ4n) is 1.10. The molecule has 0 unspecified atom stereocenters. The molecule has 0 spiro atoms. The summed E-state index contributed by atoms with van der Waals surface area (Å²) in [6.45, 7) is 2.52. The molecule has 0 atom stereocenters. The first kappa shape index (κ1) is 12.8. The molecule has 0 bridgehead atoms. The molecule has 0 saturated carbocycles. The van der Waals surface area contributed by atoms with E-state index >= 15 is 0 Å². The number of rotatable bonds is 8. The van der Waals surface area contributed by atoms with Gasteiger partial charge in [0.25, 0.3) is 0 Å². The highest BCUT2D eigenvalue weighted by Crippen LogP contribution is 2.05. The van der Waals surface area contributed by atoms with Crippen LogP contribution < -0.4 is 0 Å². The summed E-state index contributed by atoms with van der Waals surface area (Å²) in [7, 11) is 0. The lowest BCUT2D eigenvalue weighted by molar-refractivity contribution is -0.143. The Bertz CT molecular complexity index is 126. The molecule has 3 heteroatoms. The molecule has 78 valence electrons. The fraction of sp³-hybridized carbons (Fsp3) is 0.900. The average Bonchev–Trinajstić information content (AvgIpc) is 2.14. The van der Waals surface area contributed by atoms with E-state index in [4.69, 9.17) is 16.3 Å². The van der Waals surface area contributed by atoms with Gasteiger partial charge in [0.2, 0.25) is 0 Å². The van der Waals surface area contributed by atoms with E-state index in [0.717, 1.165) is 12.8 Å². The monoisotopic (exact) mass is 206 g/mol. The van der Waals surface area contributed by atoms with Crippen LogP contribution in [-0.4, -0.2) is 18.5 Å². The third-order valence-electron chi connectivity index (χ3n) is 1.82. The Morgan fingerprint density at radius 3 is 2.54 bits per heavy atom. The standard InChI is InChI=1S/C10H19ClO2/c1-2-3-4-5-6-7-10(12)13-9-8-11/h2-9H2,1H3. The lowest BCUT2D eigenvalue weighted by Crippen LogP contribution is -2.06. The molecule has 0 aliphatic rings. The molecule has 13 heavy (non-hydrogen) atoms. The minimum atomic E-state index is -0.114. The van der Waals surface area contributed by atoms with Gasteiger partial charge in [0, 0.05) is 6.42 Å². The van der Waals surface area contributed by atoms with Crippen molar-refractivity contribution in [1.82, 2.24) is 0 Å². The van der Waals surface area contributed by atoms with Gasteiger partial charge in [-0.2, -0.15) is 0 Å². The molecule has 0 radical (unpaired) electrons. The normalized spacial score (nSPS) is 10.0. The molecule has 0 aromatic rings. The molecule has 0 aliphatic heterocycles. The highest BCUT2D eigenvalue weighted by Gasteiger charge is 2.00. The van der Waals surface area contributed by atoms with Crippen LogP contribution >= 0.6 is 11.6 Å². The molecular formula is C10H19ClO2. The first-order valence-electron chi connectivity index (χ1n) is 5.02. The predicted molar refractivity (Wildman–Crippen MR) is 55.1 cm³/mol. The van der Waals surface area contributed by atoms with Gasteiger partial charge in [0.15, 0.2) is 0 Å². The van der Waals surface area contributed by atoms with Gasteiger partial charge in [-0.15, -0.1) is 11.6 Å². The largest absolute Gasteiger partial charge is 0.464 e. The van der Waals surface area contributed by atoms with E-state index in [2.05, 4.69) is 6.92 Å². The lowest BCUT2D eigenvalue weighted by Gasteiger charge is -2.01. The van der Waals surface area contributed by atoms with Crippen molar-refractivity contribution in [2.24, 2.45) is 0 Å². The first-order chi connectivity index (χ1) is 6.31. The van der Waals surface area contributed by atoms with Crippen LogP contribution in [0.15, 0.2) is 0 Å². The number of alkyl halides is 1. The minimum absolute atomic E-state index is 0.114. The molecule has 0 aliphatic carbocycles. The fourth-order valence-corrected chi connectivity index (χ4v) is 1.17. The zero-order valence-corrected chi connectivity index (χ0v) is 9.11. The zero-order chi connectivity index (χ0) is 9.94. The van der Waals surface area contributed by atoms with Crippen molar-refractivity contribution in [3.63, 3.8) is 0 Å². The van der Waals surface area contributed by atoms with Gasteiger partial charge in [-0.05, 0) is 6.42 Å². The third kappa shape index (κ3) is 9.68. The van der Waals surface area contributed by atoms with Crippen LogP contribution in [-0.2, 0) is 9.53 Å². The molecule has 0 N–H and O–H groups in total. The minimum Gasteiger partial charge on any atom is -0.464 e. The molecule has 0 heterocycles. The predicted octanol–water partition coefficient (Wildman–Crippen LogP) is 3.13. The smallest absolute Gasteiger partial charge is 0.305 e. The SMILES string of the molecule is CCCCCCCC(=O)OCCCl. The van der Waals surface area contributed by atoms with E-state index in [9.17, 15) is 4.79 Å². The maximum atomic E-state index is 11.0. The number of halogens is 1. The first-order valence-corrected chi connectivity index (χ1v) is 5.56. The van der Waals surface area contributed by atoms with Crippen molar-refractivity contribution in [1.29, 1.82) is 0 Å². The summed E-state index contributed by atoms with van der Waals surface area (Å²) >= 11 is 5.37.